The number of hydrogen-bond acceptors (Lipinski definition) is 2. The molecule has 2 aromatic rings. The van der Waals surface area contributed by atoms with Crippen molar-refractivity contribution < 1.29 is 0 Å². The first-order valence-electron chi connectivity index (χ1n) is 7.26. The van der Waals surface area contributed by atoms with E-state index in [-0.39, 0.29) is 0 Å². The van der Waals surface area contributed by atoms with Crippen molar-refractivity contribution in [3.63, 3.8) is 0 Å². The first-order valence-corrected chi connectivity index (χ1v) is 7.26. The van der Waals surface area contributed by atoms with Crippen LogP contribution in [0.4, 0.5) is 0 Å². The lowest BCUT2D eigenvalue weighted by atomic mass is 10.0. The van der Waals surface area contributed by atoms with Crippen LogP contribution in [0.3, 0.4) is 0 Å². The van der Waals surface area contributed by atoms with Crippen molar-refractivity contribution in [3.05, 3.63) is 59.2 Å². The van der Waals surface area contributed by atoms with Crippen molar-refractivity contribution in [2.75, 3.05) is 0 Å². The predicted molar refractivity (Wildman–Crippen MR) is 86.1 cm³/mol. The summed E-state index contributed by atoms with van der Waals surface area (Å²) < 4.78 is 0. The van der Waals surface area contributed by atoms with Crippen LogP contribution in [-0.4, -0.2) is 9.97 Å². The summed E-state index contributed by atoms with van der Waals surface area (Å²) in [6.45, 7) is 12.8. The Morgan fingerprint density at radius 2 is 1.40 bits per heavy atom. The third kappa shape index (κ3) is 4.76. The number of nitrogens with zero attached hydrogens (tertiary/aromatic N) is 2. The normalized spacial score (nSPS) is 10.4. The Labute approximate surface area is 123 Å². The first-order chi connectivity index (χ1) is 9.43. The Balaban J connectivity index is 0.000000200. The Morgan fingerprint density at radius 3 is 1.80 bits per heavy atom. The molecule has 0 saturated carbocycles. The molecule has 2 nitrogen and oxygen atoms in total. The molecule has 0 radical (unpaired) electrons. The van der Waals surface area contributed by atoms with E-state index in [9.17, 15) is 0 Å². The highest BCUT2D eigenvalue weighted by Crippen LogP contribution is 2.15. The molecule has 0 spiro atoms. The van der Waals surface area contributed by atoms with Gasteiger partial charge in [0.25, 0.3) is 0 Å². The molecule has 0 aliphatic carbocycles. The van der Waals surface area contributed by atoms with Gasteiger partial charge in [-0.3, -0.25) is 9.97 Å². The Hall–Kier alpha value is -1.70. The van der Waals surface area contributed by atoms with E-state index in [4.69, 9.17) is 0 Å². The van der Waals surface area contributed by atoms with Gasteiger partial charge in [0, 0.05) is 23.8 Å². The first kappa shape index (κ1) is 16.4. The lowest BCUT2D eigenvalue weighted by molar-refractivity contribution is 0.811. The zero-order chi connectivity index (χ0) is 15.1. The lowest BCUT2D eigenvalue weighted by Crippen LogP contribution is -1.94. The second kappa shape index (κ2) is 7.78. The smallest absolute Gasteiger partial charge is 0.0458 e. The maximum absolute atomic E-state index is 4.28. The fraction of sp³-hybridized carbons (Fsp3) is 0.444. The van der Waals surface area contributed by atoms with Crippen LogP contribution in [0.25, 0.3) is 0 Å². The van der Waals surface area contributed by atoms with E-state index >= 15 is 0 Å². The largest absolute Gasteiger partial charge is 0.261 e. The predicted octanol–water partition coefficient (Wildman–Crippen LogP) is 5.03. The van der Waals surface area contributed by atoms with Crippen molar-refractivity contribution in [2.45, 2.75) is 53.4 Å². The van der Waals surface area contributed by atoms with E-state index in [1.54, 1.807) is 0 Å². The second-order valence-corrected chi connectivity index (χ2v) is 5.69. The van der Waals surface area contributed by atoms with Crippen LogP contribution in [0.2, 0.25) is 0 Å². The SMILES string of the molecule is Cc1cccnc1C(C)C.Cc1ncccc1C(C)C. The van der Waals surface area contributed by atoms with Crippen LogP contribution in [0.5, 0.6) is 0 Å². The van der Waals surface area contributed by atoms with Gasteiger partial charge in [0.15, 0.2) is 0 Å². The number of pyridine rings is 2. The third-order valence-electron chi connectivity index (χ3n) is 3.27. The van der Waals surface area contributed by atoms with Crippen LogP contribution in [0, 0.1) is 13.8 Å². The average molecular weight is 270 g/mol. The summed E-state index contributed by atoms with van der Waals surface area (Å²) in [6.07, 6.45) is 3.68. The Bertz CT molecular complexity index is 481. The minimum Gasteiger partial charge on any atom is -0.261 e. The summed E-state index contributed by atoms with van der Waals surface area (Å²) in [5.74, 6) is 1.13. The minimum atomic E-state index is 0.543. The van der Waals surface area contributed by atoms with Crippen LogP contribution >= 0.6 is 0 Å². The molecule has 0 fully saturated rings. The Kier molecular flexibility index (Phi) is 6.37. The molecule has 0 aliphatic rings. The molecule has 0 aliphatic heterocycles. The third-order valence-corrected chi connectivity index (χ3v) is 3.27. The summed E-state index contributed by atoms with van der Waals surface area (Å²) in [5, 5.41) is 0. The quantitative estimate of drug-likeness (QED) is 0.765. The molecule has 0 saturated heterocycles. The highest BCUT2D eigenvalue weighted by Gasteiger charge is 2.02. The van der Waals surface area contributed by atoms with E-state index in [1.807, 2.05) is 24.5 Å². The molecule has 0 atom stereocenters. The van der Waals surface area contributed by atoms with Crippen molar-refractivity contribution in [2.24, 2.45) is 0 Å². The summed E-state index contributed by atoms with van der Waals surface area (Å²) >= 11 is 0. The zero-order valence-electron chi connectivity index (χ0n) is 13.5. The molecule has 20 heavy (non-hydrogen) atoms. The van der Waals surface area contributed by atoms with Crippen molar-refractivity contribution in [1.29, 1.82) is 0 Å². The van der Waals surface area contributed by atoms with Crippen LogP contribution in [0.1, 0.15) is 62.0 Å². The molecule has 0 unspecified atom stereocenters. The minimum absolute atomic E-state index is 0.543. The Morgan fingerprint density at radius 1 is 0.800 bits per heavy atom. The van der Waals surface area contributed by atoms with Crippen LogP contribution in [0.15, 0.2) is 36.7 Å². The molecule has 0 amide bonds. The lowest BCUT2D eigenvalue weighted by Gasteiger charge is -2.06. The van der Waals surface area contributed by atoms with Gasteiger partial charge in [-0.2, -0.15) is 0 Å². The molecule has 2 heteroatoms. The molecule has 108 valence electrons. The van der Waals surface area contributed by atoms with E-state index < -0.39 is 0 Å². The van der Waals surface area contributed by atoms with Gasteiger partial charge in [-0.25, -0.2) is 0 Å². The molecule has 2 aromatic heterocycles. The number of hydrogen-bond donors (Lipinski definition) is 0. The van der Waals surface area contributed by atoms with Gasteiger partial charge < -0.3 is 0 Å². The van der Waals surface area contributed by atoms with Gasteiger partial charge >= 0.3 is 0 Å². The molecule has 0 N–H and O–H groups in total. The number of aromatic nitrogens is 2. The highest BCUT2D eigenvalue weighted by molar-refractivity contribution is 5.21. The second-order valence-electron chi connectivity index (χ2n) is 5.69. The van der Waals surface area contributed by atoms with E-state index in [0.717, 1.165) is 5.69 Å². The summed E-state index contributed by atoms with van der Waals surface area (Å²) in [7, 11) is 0. The molecule has 2 rings (SSSR count). The van der Waals surface area contributed by atoms with Gasteiger partial charge in [-0.05, 0) is 48.9 Å². The molecule has 0 aromatic carbocycles. The average Bonchev–Trinajstić information content (AvgIpc) is 2.40. The highest BCUT2D eigenvalue weighted by atomic mass is 14.7. The molecular weight excluding hydrogens is 244 g/mol. The maximum atomic E-state index is 4.28. The summed E-state index contributed by atoms with van der Waals surface area (Å²) in [6, 6.07) is 8.19. The van der Waals surface area contributed by atoms with E-state index in [0.29, 0.717) is 11.8 Å². The molecular formula is C18H26N2. The zero-order valence-corrected chi connectivity index (χ0v) is 13.5. The molecule has 0 bridgehead atoms. The van der Waals surface area contributed by atoms with Crippen molar-refractivity contribution in [3.8, 4) is 0 Å². The van der Waals surface area contributed by atoms with Crippen LogP contribution < -0.4 is 0 Å². The van der Waals surface area contributed by atoms with Gasteiger partial charge in [-0.1, -0.05) is 39.8 Å². The maximum Gasteiger partial charge on any atom is 0.0458 e. The summed E-state index contributed by atoms with van der Waals surface area (Å²) in [4.78, 5) is 8.48. The van der Waals surface area contributed by atoms with Gasteiger partial charge in [0.1, 0.15) is 0 Å². The van der Waals surface area contributed by atoms with E-state index in [1.165, 1.54) is 16.8 Å². The standard InChI is InChI=1S/2C9H13N/c1-7(2)9-5-4-6-10-8(9)3;1-7(2)9-8(3)5-4-6-10-9/h2*4-7H,1-3H3. The van der Waals surface area contributed by atoms with Gasteiger partial charge in [-0.15, -0.1) is 0 Å². The monoisotopic (exact) mass is 270 g/mol. The van der Waals surface area contributed by atoms with Gasteiger partial charge in [0.05, 0.1) is 0 Å². The number of rotatable bonds is 2. The van der Waals surface area contributed by atoms with E-state index in [2.05, 4.69) is 63.6 Å². The van der Waals surface area contributed by atoms with Crippen molar-refractivity contribution >= 4 is 0 Å². The summed E-state index contributed by atoms with van der Waals surface area (Å²) in [5.41, 5.74) is 5.00. The fourth-order valence-electron chi connectivity index (χ4n) is 2.21. The van der Waals surface area contributed by atoms with Crippen LogP contribution in [-0.2, 0) is 0 Å². The fourth-order valence-corrected chi connectivity index (χ4v) is 2.21. The molecule has 2 heterocycles. The van der Waals surface area contributed by atoms with Gasteiger partial charge in [0.2, 0.25) is 0 Å². The number of aryl methyl sites for hydroxylation is 2. The topological polar surface area (TPSA) is 25.8 Å². The van der Waals surface area contributed by atoms with Crippen molar-refractivity contribution in [1.82, 2.24) is 9.97 Å².